The molecule has 126 valence electrons. The number of amidine groups is 1. The molecule has 24 heavy (non-hydrogen) atoms. The topological polar surface area (TPSA) is 61.7 Å². The Morgan fingerprint density at radius 3 is 2.54 bits per heavy atom. The molecule has 0 bridgehead atoms. The largest absolute Gasteiger partial charge is 0.507 e. The van der Waals surface area contributed by atoms with Crippen molar-refractivity contribution in [2.75, 3.05) is 12.4 Å². The second-order valence-electron chi connectivity index (χ2n) is 4.78. The number of aldehydes is 1. The van der Waals surface area contributed by atoms with Crippen molar-refractivity contribution in [3.8, 4) is 5.75 Å². The Balaban J connectivity index is 2.42. The van der Waals surface area contributed by atoms with E-state index in [9.17, 15) is 23.1 Å². The molecule has 0 saturated carbocycles. The number of hydrogen-bond acceptors (Lipinski definition) is 3. The van der Waals surface area contributed by atoms with Gasteiger partial charge in [-0.25, -0.2) is 0 Å². The Kier molecular flexibility index (Phi) is 5.14. The van der Waals surface area contributed by atoms with Gasteiger partial charge >= 0.3 is 6.18 Å². The van der Waals surface area contributed by atoms with Crippen LogP contribution in [0.3, 0.4) is 0 Å². The van der Waals surface area contributed by atoms with Crippen molar-refractivity contribution in [2.24, 2.45) is 4.99 Å². The van der Waals surface area contributed by atoms with Crippen LogP contribution in [-0.4, -0.2) is 24.3 Å². The average Bonchev–Trinajstić information content (AvgIpc) is 2.53. The first-order valence-electron chi connectivity index (χ1n) is 6.65. The quantitative estimate of drug-likeness (QED) is 0.488. The van der Waals surface area contributed by atoms with Crippen LogP contribution in [0, 0.1) is 0 Å². The Morgan fingerprint density at radius 2 is 1.96 bits per heavy atom. The maximum Gasteiger partial charge on any atom is 0.419 e. The molecule has 0 aliphatic rings. The van der Waals surface area contributed by atoms with Crippen molar-refractivity contribution in [3.63, 3.8) is 0 Å². The fraction of sp³-hybridized carbons (Fsp3) is 0.125. The second-order valence-corrected chi connectivity index (χ2v) is 5.21. The summed E-state index contributed by atoms with van der Waals surface area (Å²) < 4.78 is 38.7. The molecule has 0 heterocycles. The normalized spacial score (nSPS) is 12.1. The van der Waals surface area contributed by atoms with E-state index in [1.54, 1.807) is 0 Å². The molecule has 0 spiro atoms. The number of benzene rings is 2. The summed E-state index contributed by atoms with van der Waals surface area (Å²) in [6.07, 6.45) is -4.13. The highest BCUT2D eigenvalue weighted by Crippen LogP contribution is 2.36. The predicted octanol–water partition coefficient (Wildman–Crippen LogP) is 4.37. The van der Waals surface area contributed by atoms with Gasteiger partial charge < -0.3 is 10.4 Å². The third kappa shape index (κ3) is 3.86. The molecule has 0 aliphatic heterocycles. The van der Waals surface area contributed by atoms with Crippen LogP contribution in [0.2, 0.25) is 5.02 Å². The van der Waals surface area contributed by atoms with Crippen LogP contribution in [-0.2, 0) is 6.18 Å². The molecule has 2 N–H and O–H groups in total. The number of rotatable bonds is 3. The van der Waals surface area contributed by atoms with E-state index in [0.29, 0.717) is 17.0 Å². The number of carbonyl (C=O) groups is 1. The molecular formula is C16H12ClF3N2O2. The summed E-state index contributed by atoms with van der Waals surface area (Å²) in [5.41, 5.74) is -0.487. The molecule has 0 fully saturated rings. The number of halogens is 4. The maximum atomic E-state index is 12.9. The van der Waals surface area contributed by atoms with E-state index in [4.69, 9.17) is 11.6 Å². The van der Waals surface area contributed by atoms with Gasteiger partial charge in [0.1, 0.15) is 11.6 Å². The van der Waals surface area contributed by atoms with Gasteiger partial charge in [0.2, 0.25) is 0 Å². The molecule has 0 amide bonds. The number of alkyl halides is 3. The minimum Gasteiger partial charge on any atom is -0.507 e. The van der Waals surface area contributed by atoms with Crippen LogP contribution >= 0.6 is 11.6 Å². The molecule has 4 nitrogen and oxygen atoms in total. The first kappa shape index (κ1) is 17.8. The van der Waals surface area contributed by atoms with E-state index in [1.807, 2.05) is 0 Å². The molecule has 0 saturated heterocycles. The van der Waals surface area contributed by atoms with Gasteiger partial charge in [0.25, 0.3) is 0 Å². The molecule has 2 rings (SSSR count). The third-order valence-electron chi connectivity index (χ3n) is 3.19. The summed E-state index contributed by atoms with van der Waals surface area (Å²) >= 11 is 5.80. The summed E-state index contributed by atoms with van der Waals surface area (Å²) in [7, 11) is 1.39. The first-order chi connectivity index (χ1) is 11.3. The number of nitrogens with zero attached hydrogens (tertiary/aromatic N) is 1. The van der Waals surface area contributed by atoms with Crippen molar-refractivity contribution in [3.05, 3.63) is 58.1 Å². The zero-order chi connectivity index (χ0) is 17.9. The summed E-state index contributed by atoms with van der Waals surface area (Å²) in [4.78, 5) is 15.0. The lowest BCUT2D eigenvalue weighted by molar-refractivity contribution is -0.138. The van der Waals surface area contributed by atoms with Crippen molar-refractivity contribution in [1.82, 2.24) is 0 Å². The fourth-order valence-electron chi connectivity index (χ4n) is 2.04. The van der Waals surface area contributed by atoms with Gasteiger partial charge in [-0.05, 0) is 36.4 Å². The van der Waals surface area contributed by atoms with Crippen molar-refractivity contribution >= 4 is 29.4 Å². The van der Waals surface area contributed by atoms with Gasteiger partial charge in [0.05, 0.1) is 11.3 Å². The lowest BCUT2D eigenvalue weighted by Crippen LogP contribution is -2.16. The number of phenolic OH excluding ortho intramolecular Hbond substituents is 1. The molecule has 0 aliphatic carbocycles. The van der Waals surface area contributed by atoms with Crippen LogP contribution in [0.5, 0.6) is 5.75 Å². The highest BCUT2D eigenvalue weighted by molar-refractivity contribution is 6.31. The Labute approximate surface area is 140 Å². The van der Waals surface area contributed by atoms with Gasteiger partial charge in [-0.1, -0.05) is 11.6 Å². The summed E-state index contributed by atoms with van der Waals surface area (Å²) in [6, 6.07) is 7.47. The van der Waals surface area contributed by atoms with E-state index < -0.39 is 17.5 Å². The Bertz CT molecular complexity index is 804. The van der Waals surface area contributed by atoms with Crippen LogP contribution in [0.4, 0.5) is 18.9 Å². The van der Waals surface area contributed by atoms with Crippen LogP contribution in [0.1, 0.15) is 21.5 Å². The van der Waals surface area contributed by atoms with E-state index >= 15 is 0 Å². The monoisotopic (exact) mass is 356 g/mol. The lowest BCUT2D eigenvalue weighted by atomic mass is 10.1. The zero-order valence-corrected chi connectivity index (χ0v) is 13.1. The zero-order valence-electron chi connectivity index (χ0n) is 12.4. The number of aliphatic imine (C=N–C) groups is 1. The molecule has 0 unspecified atom stereocenters. The van der Waals surface area contributed by atoms with Crippen molar-refractivity contribution in [1.29, 1.82) is 0 Å². The minimum atomic E-state index is -4.70. The van der Waals surface area contributed by atoms with E-state index in [1.165, 1.54) is 31.3 Å². The van der Waals surface area contributed by atoms with Gasteiger partial charge in [0, 0.05) is 23.2 Å². The summed E-state index contributed by atoms with van der Waals surface area (Å²) in [6.45, 7) is 0. The van der Waals surface area contributed by atoms with Gasteiger partial charge in [0.15, 0.2) is 6.29 Å². The highest BCUT2D eigenvalue weighted by Gasteiger charge is 2.34. The Morgan fingerprint density at radius 1 is 1.25 bits per heavy atom. The number of aromatic hydroxyl groups is 1. The summed E-state index contributed by atoms with van der Waals surface area (Å²) in [5, 5.41) is 12.5. The smallest absolute Gasteiger partial charge is 0.419 e. The average molecular weight is 357 g/mol. The highest BCUT2D eigenvalue weighted by atomic mass is 35.5. The standard InChI is InChI=1S/C16H12ClF3N2O2/c1-21-15(22-13-4-3-11(17)6-10(13)8-23)9-2-5-14(24)12(7-9)16(18,19)20/h2-8,24H,1H3,(H,21,22). The van der Waals surface area contributed by atoms with Gasteiger partial charge in [-0.3, -0.25) is 9.79 Å². The number of carbonyl (C=O) groups excluding carboxylic acids is 1. The molecule has 2 aromatic rings. The molecule has 0 aromatic heterocycles. The van der Waals surface area contributed by atoms with E-state index in [0.717, 1.165) is 12.1 Å². The Hall–Kier alpha value is -2.54. The minimum absolute atomic E-state index is 0.103. The second kappa shape index (κ2) is 6.92. The van der Waals surface area contributed by atoms with E-state index in [2.05, 4.69) is 10.3 Å². The first-order valence-corrected chi connectivity index (χ1v) is 7.03. The molecule has 0 radical (unpaired) electrons. The maximum absolute atomic E-state index is 12.9. The number of hydrogen-bond donors (Lipinski definition) is 2. The fourth-order valence-corrected chi connectivity index (χ4v) is 2.22. The number of nitrogens with one attached hydrogen (secondary N) is 1. The van der Waals surface area contributed by atoms with Gasteiger partial charge in [-0.2, -0.15) is 13.2 Å². The van der Waals surface area contributed by atoms with Gasteiger partial charge in [-0.15, -0.1) is 0 Å². The number of phenols is 1. The molecule has 2 aromatic carbocycles. The lowest BCUT2D eigenvalue weighted by Gasteiger charge is -2.14. The summed E-state index contributed by atoms with van der Waals surface area (Å²) in [5.74, 6) is -0.771. The van der Waals surface area contributed by atoms with Crippen LogP contribution in [0.25, 0.3) is 0 Å². The molecular weight excluding hydrogens is 345 g/mol. The van der Waals surface area contributed by atoms with E-state index in [-0.39, 0.29) is 17.0 Å². The van der Waals surface area contributed by atoms with Crippen LogP contribution < -0.4 is 5.32 Å². The van der Waals surface area contributed by atoms with Crippen molar-refractivity contribution < 1.29 is 23.1 Å². The predicted molar refractivity (Wildman–Crippen MR) is 86.0 cm³/mol. The third-order valence-corrected chi connectivity index (χ3v) is 3.43. The SMILES string of the molecule is CN=C(Nc1ccc(Cl)cc1C=O)c1ccc(O)c(C(F)(F)F)c1. The number of anilines is 1. The molecule has 8 heteroatoms. The van der Waals surface area contributed by atoms with Crippen LogP contribution in [0.15, 0.2) is 41.4 Å². The van der Waals surface area contributed by atoms with Crippen molar-refractivity contribution in [2.45, 2.75) is 6.18 Å². The molecule has 0 atom stereocenters.